The van der Waals surface area contributed by atoms with E-state index in [1.807, 2.05) is 18.2 Å². The number of rotatable bonds is 6. The Morgan fingerprint density at radius 2 is 1.71 bits per heavy atom. The van der Waals surface area contributed by atoms with Crippen molar-refractivity contribution in [2.75, 3.05) is 32.7 Å². The summed E-state index contributed by atoms with van der Waals surface area (Å²) in [5.74, 6) is 2.55. The Bertz CT molecular complexity index is 713. The maximum atomic E-state index is 6.12. The highest BCUT2D eigenvalue weighted by Gasteiger charge is 2.23. The molecule has 4 heteroatoms. The van der Waals surface area contributed by atoms with E-state index in [1.54, 1.807) is 12.4 Å². The molecule has 4 nitrogen and oxygen atoms in total. The van der Waals surface area contributed by atoms with Crippen LogP contribution in [-0.4, -0.2) is 47.5 Å². The maximum absolute atomic E-state index is 6.12. The van der Waals surface area contributed by atoms with Crippen LogP contribution in [0.15, 0.2) is 48.8 Å². The fourth-order valence-corrected chi connectivity index (χ4v) is 4.64. The van der Waals surface area contributed by atoms with Crippen LogP contribution in [0.4, 0.5) is 0 Å². The molecule has 1 aromatic carbocycles. The highest BCUT2D eigenvalue weighted by atomic mass is 16.5. The molecule has 0 spiro atoms. The van der Waals surface area contributed by atoms with Gasteiger partial charge in [-0.1, -0.05) is 31.0 Å². The molecule has 4 rings (SSSR count). The Labute approximate surface area is 169 Å². The molecule has 0 radical (unpaired) electrons. The van der Waals surface area contributed by atoms with Gasteiger partial charge in [-0.2, -0.15) is 0 Å². The second-order valence-electron chi connectivity index (χ2n) is 8.36. The summed E-state index contributed by atoms with van der Waals surface area (Å²) >= 11 is 0. The smallest absolute Gasteiger partial charge is 0.145 e. The first-order valence-electron chi connectivity index (χ1n) is 11.0. The van der Waals surface area contributed by atoms with Crippen molar-refractivity contribution in [3.8, 4) is 11.5 Å². The van der Waals surface area contributed by atoms with Gasteiger partial charge in [0.1, 0.15) is 11.5 Å². The predicted molar refractivity (Wildman–Crippen MR) is 114 cm³/mol. The molecule has 2 saturated heterocycles. The van der Waals surface area contributed by atoms with E-state index >= 15 is 0 Å². The normalized spacial score (nSPS) is 21.9. The lowest BCUT2D eigenvalue weighted by Gasteiger charge is -2.35. The fourth-order valence-electron chi connectivity index (χ4n) is 4.64. The van der Waals surface area contributed by atoms with Gasteiger partial charge >= 0.3 is 0 Å². The van der Waals surface area contributed by atoms with Crippen molar-refractivity contribution in [2.45, 2.75) is 45.1 Å². The highest BCUT2D eigenvalue weighted by Crippen LogP contribution is 2.28. The summed E-state index contributed by atoms with van der Waals surface area (Å²) in [6.07, 6.45) is 11.8. The van der Waals surface area contributed by atoms with Crippen LogP contribution in [-0.2, 0) is 6.54 Å². The quantitative estimate of drug-likeness (QED) is 0.709. The van der Waals surface area contributed by atoms with Crippen LogP contribution in [0.5, 0.6) is 11.5 Å². The second-order valence-corrected chi connectivity index (χ2v) is 8.36. The van der Waals surface area contributed by atoms with E-state index in [1.165, 1.54) is 76.8 Å². The number of pyridine rings is 1. The number of hydrogen-bond acceptors (Lipinski definition) is 4. The number of aromatic nitrogens is 1. The van der Waals surface area contributed by atoms with Crippen molar-refractivity contribution in [1.29, 1.82) is 0 Å². The summed E-state index contributed by atoms with van der Waals surface area (Å²) in [5, 5.41) is 0. The third-order valence-electron chi connectivity index (χ3n) is 6.05. The van der Waals surface area contributed by atoms with E-state index in [0.717, 1.165) is 24.0 Å². The number of ether oxygens (including phenoxy) is 1. The van der Waals surface area contributed by atoms with Gasteiger partial charge in [0.15, 0.2) is 0 Å². The molecule has 0 aliphatic carbocycles. The van der Waals surface area contributed by atoms with Gasteiger partial charge in [-0.05, 0) is 69.4 Å². The Kier molecular flexibility index (Phi) is 6.96. The summed E-state index contributed by atoms with van der Waals surface area (Å²) in [4.78, 5) is 9.50. The second kappa shape index (κ2) is 10.0. The molecule has 0 bridgehead atoms. The molecule has 150 valence electrons. The number of nitrogens with zero attached hydrogens (tertiary/aromatic N) is 3. The topological polar surface area (TPSA) is 28.6 Å². The number of hydrogen-bond donors (Lipinski definition) is 0. The lowest BCUT2D eigenvalue weighted by atomic mass is 9.96. The van der Waals surface area contributed by atoms with E-state index in [0.29, 0.717) is 0 Å². The summed E-state index contributed by atoms with van der Waals surface area (Å²) in [5.41, 5.74) is 1.27. The largest absolute Gasteiger partial charge is 0.455 e. The maximum Gasteiger partial charge on any atom is 0.145 e. The Morgan fingerprint density at radius 3 is 2.54 bits per heavy atom. The average molecular weight is 380 g/mol. The molecule has 2 aromatic rings. The van der Waals surface area contributed by atoms with Crippen LogP contribution in [0.25, 0.3) is 0 Å². The summed E-state index contributed by atoms with van der Waals surface area (Å²) in [6.45, 7) is 7.25. The first-order chi connectivity index (χ1) is 13.9. The van der Waals surface area contributed by atoms with Crippen molar-refractivity contribution in [1.82, 2.24) is 14.8 Å². The average Bonchev–Trinajstić information content (AvgIpc) is 2.99. The molecule has 3 heterocycles. The first kappa shape index (κ1) is 19.4. The Balaban J connectivity index is 1.36. The predicted octanol–water partition coefficient (Wildman–Crippen LogP) is 4.96. The summed E-state index contributed by atoms with van der Waals surface area (Å²) in [6, 6.07) is 12.3. The van der Waals surface area contributed by atoms with Gasteiger partial charge in [-0.3, -0.25) is 9.88 Å². The zero-order valence-electron chi connectivity index (χ0n) is 16.9. The number of para-hydroxylation sites is 1. The van der Waals surface area contributed by atoms with E-state index in [9.17, 15) is 0 Å². The molecule has 1 aromatic heterocycles. The zero-order valence-corrected chi connectivity index (χ0v) is 16.9. The van der Waals surface area contributed by atoms with E-state index in [4.69, 9.17) is 4.74 Å². The van der Waals surface area contributed by atoms with Gasteiger partial charge in [-0.25, -0.2) is 0 Å². The van der Waals surface area contributed by atoms with Crippen LogP contribution < -0.4 is 4.74 Å². The van der Waals surface area contributed by atoms with Gasteiger partial charge in [0.05, 0.1) is 6.20 Å². The van der Waals surface area contributed by atoms with E-state index in [-0.39, 0.29) is 0 Å². The number of benzene rings is 1. The first-order valence-corrected chi connectivity index (χ1v) is 11.0. The molecule has 0 amide bonds. The van der Waals surface area contributed by atoms with Gasteiger partial charge in [0.2, 0.25) is 0 Å². The molecule has 2 fully saturated rings. The minimum Gasteiger partial charge on any atom is -0.455 e. The lowest BCUT2D eigenvalue weighted by molar-refractivity contribution is 0.128. The lowest BCUT2D eigenvalue weighted by Crippen LogP contribution is -2.41. The van der Waals surface area contributed by atoms with Crippen molar-refractivity contribution in [2.24, 2.45) is 5.92 Å². The highest BCUT2D eigenvalue weighted by molar-refractivity contribution is 5.37. The number of piperidine rings is 1. The van der Waals surface area contributed by atoms with Crippen molar-refractivity contribution >= 4 is 0 Å². The van der Waals surface area contributed by atoms with Crippen molar-refractivity contribution in [3.63, 3.8) is 0 Å². The van der Waals surface area contributed by atoms with Gasteiger partial charge in [0.25, 0.3) is 0 Å². The Morgan fingerprint density at radius 1 is 0.893 bits per heavy atom. The van der Waals surface area contributed by atoms with E-state index in [2.05, 4.69) is 33.0 Å². The SMILES string of the molecule is c1cncc(Oc2ccccc2CN2CCCC(CN3CCCCCC3)C2)c1. The third-order valence-corrected chi connectivity index (χ3v) is 6.05. The van der Waals surface area contributed by atoms with Gasteiger partial charge in [0, 0.05) is 31.4 Å². The molecule has 2 aliphatic heterocycles. The molecule has 2 aliphatic rings. The number of likely N-dealkylation sites (tertiary alicyclic amines) is 2. The van der Waals surface area contributed by atoms with Crippen LogP contribution in [0.1, 0.15) is 44.1 Å². The van der Waals surface area contributed by atoms with Crippen LogP contribution in [0, 0.1) is 5.92 Å². The minimum atomic E-state index is 0.799. The standard InChI is InChI=1S/C24H33N3O/c1-2-6-15-26(14-5-1)18-21-9-8-16-27(19-21)20-22-10-3-4-12-24(22)28-23-11-7-13-25-17-23/h3-4,7,10-13,17,21H,1-2,5-6,8-9,14-16,18-20H2. The summed E-state index contributed by atoms with van der Waals surface area (Å²) in [7, 11) is 0. The van der Waals surface area contributed by atoms with Gasteiger partial charge in [-0.15, -0.1) is 0 Å². The zero-order chi connectivity index (χ0) is 19.0. The molecule has 0 N–H and O–H groups in total. The van der Waals surface area contributed by atoms with Crippen molar-refractivity contribution in [3.05, 3.63) is 54.4 Å². The van der Waals surface area contributed by atoms with E-state index < -0.39 is 0 Å². The molecule has 1 atom stereocenters. The molecular formula is C24H33N3O. The molecule has 28 heavy (non-hydrogen) atoms. The van der Waals surface area contributed by atoms with Crippen LogP contribution in [0.3, 0.4) is 0 Å². The molecule has 0 saturated carbocycles. The Hall–Kier alpha value is -1.91. The van der Waals surface area contributed by atoms with Crippen LogP contribution >= 0.6 is 0 Å². The van der Waals surface area contributed by atoms with Crippen LogP contribution in [0.2, 0.25) is 0 Å². The van der Waals surface area contributed by atoms with Crippen molar-refractivity contribution < 1.29 is 4.74 Å². The third kappa shape index (κ3) is 5.55. The van der Waals surface area contributed by atoms with Gasteiger partial charge < -0.3 is 9.64 Å². The monoisotopic (exact) mass is 379 g/mol. The molecule has 1 unspecified atom stereocenters. The summed E-state index contributed by atoms with van der Waals surface area (Å²) < 4.78 is 6.12. The molecular weight excluding hydrogens is 346 g/mol. The minimum absolute atomic E-state index is 0.799. The fraction of sp³-hybridized carbons (Fsp3) is 0.542.